The largest absolute Gasteiger partial charge is 0.495 e. The predicted molar refractivity (Wildman–Crippen MR) is 423 cm³/mol. The van der Waals surface area contributed by atoms with Gasteiger partial charge in [-0.05, 0) is 241 Å². The molecular weight excluding hydrogens is 1190 g/mol. The summed E-state index contributed by atoms with van der Waals surface area (Å²) >= 11 is 0. The molecule has 0 aromatic heterocycles. The molecule has 0 radical (unpaired) electrons. The Balaban J connectivity index is 1.16. The van der Waals surface area contributed by atoms with Crippen molar-refractivity contribution in [2.45, 2.75) is 361 Å². The molecule has 0 bridgehead atoms. The summed E-state index contributed by atoms with van der Waals surface area (Å²) in [5.74, 6) is 2.39. The summed E-state index contributed by atoms with van der Waals surface area (Å²) in [5.41, 5.74) is 19.0. The van der Waals surface area contributed by atoms with Gasteiger partial charge in [0.2, 0.25) is 0 Å². The maximum Gasteiger partial charge on any atom is 0.495 e. The van der Waals surface area contributed by atoms with Gasteiger partial charge in [-0.3, -0.25) is 0 Å². The molecule has 4 nitrogen and oxygen atoms in total. The van der Waals surface area contributed by atoms with Gasteiger partial charge in [0.25, 0.3) is 0 Å². The summed E-state index contributed by atoms with van der Waals surface area (Å²) in [7, 11) is -0.926. The molecule has 2 aliphatic heterocycles. The molecule has 6 aromatic carbocycles. The van der Waals surface area contributed by atoms with E-state index in [4.69, 9.17) is 18.6 Å². The zero-order valence-corrected chi connectivity index (χ0v) is 65.0. The van der Waals surface area contributed by atoms with Crippen LogP contribution in [0.3, 0.4) is 0 Å². The van der Waals surface area contributed by atoms with Gasteiger partial charge in [0, 0.05) is 16.2 Å². The lowest BCUT2D eigenvalue weighted by Crippen LogP contribution is -2.41. The van der Waals surface area contributed by atoms with Crippen molar-refractivity contribution in [3.63, 3.8) is 0 Å². The van der Waals surface area contributed by atoms with Gasteiger partial charge < -0.3 is 18.6 Å². The Morgan fingerprint density at radius 2 is 0.622 bits per heavy atom. The monoisotopic (exact) mass is 1320 g/mol. The second kappa shape index (κ2) is 30.3. The zero-order valence-electron chi connectivity index (χ0n) is 65.0. The molecule has 3 fully saturated rings. The first-order chi connectivity index (χ1) is 47.2. The van der Waals surface area contributed by atoms with Crippen LogP contribution in [0.2, 0.25) is 0 Å². The Morgan fingerprint density at radius 1 is 0.327 bits per heavy atom. The molecule has 2 saturated heterocycles. The first-order valence-corrected chi connectivity index (χ1v) is 41.4. The standard InChI is InChI=1S/C92H132B2O4/c1-17-25-29-34-44-64(21-5)60-91(61-65(22-6)45-35-30-26-18-2)78-54-72-73-55-79-75(57-77(73)90(52-42-33-43-53-90)76(72)56-74(78)84-70-50-40-38-48-68(70)82(58-80(84)91)93-95-86(9,10)87(11,12)96-93)85-71-51-41-39-49-69(71)83(94-97-88(13,14)89(15,16)98-94)59-81(85)92(79,62-66(23-7)46-36-31-27-19-3)63-67(24-8)47-37-32-28-20-4/h38-41,48-51,54-59,64-67H,17-37,42-47,52-53,60-63H2,1-16H3. The fourth-order valence-electron chi connectivity index (χ4n) is 20.5. The summed E-state index contributed by atoms with van der Waals surface area (Å²) in [6.45, 7) is 37.6. The Morgan fingerprint density at radius 3 is 0.918 bits per heavy atom. The fraction of sp³-hybridized carbons (Fsp3) is 0.652. The van der Waals surface area contributed by atoms with E-state index in [-0.39, 0.29) is 16.2 Å². The van der Waals surface area contributed by atoms with Crippen LogP contribution in [0.4, 0.5) is 0 Å². The Hall–Kier alpha value is -4.19. The second-order valence-electron chi connectivity index (χ2n) is 35.0. The Bertz CT molecular complexity index is 3420. The normalized spacial score (nSPS) is 22.3. The van der Waals surface area contributed by atoms with Gasteiger partial charge in [0.1, 0.15) is 0 Å². The molecular formula is C92H132B2O4. The molecule has 12 rings (SSSR count). The summed E-state index contributed by atoms with van der Waals surface area (Å²) in [6, 6.07) is 36.2. The van der Waals surface area contributed by atoms with E-state index in [0.717, 1.165) is 0 Å². The lowest BCUT2D eigenvalue weighted by molar-refractivity contribution is 0.00578. The van der Waals surface area contributed by atoms with Crippen molar-refractivity contribution in [1.82, 2.24) is 0 Å². The molecule has 4 aliphatic carbocycles. The van der Waals surface area contributed by atoms with E-state index >= 15 is 0 Å². The summed E-state index contributed by atoms with van der Waals surface area (Å²) in [5, 5.41) is 5.33. The maximum atomic E-state index is 7.23. The Kier molecular flexibility index (Phi) is 22.7. The molecule has 98 heavy (non-hydrogen) atoms. The van der Waals surface area contributed by atoms with Gasteiger partial charge in [-0.2, -0.15) is 0 Å². The third-order valence-corrected chi connectivity index (χ3v) is 27.8. The van der Waals surface area contributed by atoms with E-state index in [1.165, 1.54) is 267 Å². The lowest BCUT2D eigenvalue weighted by atomic mass is 9.63. The third kappa shape index (κ3) is 13.4. The van der Waals surface area contributed by atoms with E-state index in [2.05, 4.69) is 196 Å². The van der Waals surface area contributed by atoms with Crippen LogP contribution >= 0.6 is 0 Å². The van der Waals surface area contributed by atoms with Crippen molar-refractivity contribution in [3.05, 3.63) is 118 Å². The van der Waals surface area contributed by atoms with Gasteiger partial charge in [-0.15, -0.1) is 0 Å². The number of hydrogen-bond acceptors (Lipinski definition) is 4. The smallest absolute Gasteiger partial charge is 0.399 e. The highest BCUT2D eigenvalue weighted by atomic mass is 16.7. The van der Waals surface area contributed by atoms with Gasteiger partial charge in [0.05, 0.1) is 22.4 Å². The molecule has 1 spiro atoms. The molecule has 4 atom stereocenters. The second-order valence-corrected chi connectivity index (χ2v) is 35.0. The fourth-order valence-corrected chi connectivity index (χ4v) is 20.5. The minimum Gasteiger partial charge on any atom is -0.399 e. The molecule has 1 saturated carbocycles. The summed E-state index contributed by atoms with van der Waals surface area (Å²) in [4.78, 5) is 0. The van der Waals surface area contributed by atoms with Crippen LogP contribution < -0.4 is 10.9 Å². The van der Waals surface area contributed by atoms with Crippen LogP contribution in [-0.4, -0.2) is 36.6 Å². The van der Waals surface area contributed by atoms with E-state index in [9.17, 15) is 0 Å². The van der Waals surface area contributed by atoms with Crippen LogP contribution in [0, 0.1) is 23.7 Å². The van der Waals surface area contributed by atoms with Crippen molar-refractivity contribution in [1.29, 1.82) is 0 Å². The first kappa shape index (κ1) is 73.6. The van der Waals surface area contributed by atoms with Gasteiger partial charge in [0.15, 0.2) is 0 Å². The average Bonchev–Trinajstić information content (AvgIpc) is 1.51. The minimum absolute atomic E-state index is 0.0897. The number of benzene rings is 6. The van der Waals surface area contributed by atoms with E-state index in [1.807, 2.05) is 0 Å². The van der Waals surface area contributed by atoms with Crippen LogP contribution in [0.15, 0.2) is 84.9 Å². The maximum absolute atomic E-state index is 7.23. The topological polar surface area (TPSA) is 36.9 Å². The summed E-state index contributed by atoms with van der Waals surface area (Å²) < 4.78 is 28.9. The van der Waals surface area contributed by atoms with Crippen molar-refractivity contribution in [2.75, 3.05) is 0 Å². The molecule has 6 aliphatic rings. The lowest BCUT2D eigenvalue weighted by Gasteiger charge is -2.39. The average molecular weight is 1320 g/mol. The molecule has 6 heteroatoms. The van der Waals surface area contributed by atoms with E-state index in [1.54, 1.807) is 44.5 Å². The molecule has 4 unspecified atom stereocenters. The third-order valence-electron chi connectivity index (χ3n) is 27.8. The number of unbranched alkanes of at least 4 members (excludes halogenated alkanes) is 12. The van der Waals surface area contributed by atoms with Crippen molar-refractivity contribution in [3.8, 4) is 33.4 Å². The number of fused-ring (bicyclic) bond motifs is 15. The van der Waals surface area contributed by atoms with Crippen molar-refractivity contribution in [2.24, 2.45) is 23.7 Å². The van der Waals surface area contributed by atoms with Gasteiger partial charge in [-0.25, -0.2) is 0 Å². The van der Waals surface area contributed by atoms with Crippen LogP contribution in [-0.2, 0) is 34.9 Å². The van der Waals surface area contributed by atoms with E-state index < -0.39 is 36.6 Å². The van der Waals surface area contributed by atoms with Gasteiger partial charge in [-0.1, -0.05) is 289 Å². The molecule has 0 N–H and O–H groups in total. The quantitative estimate of drug-likeness (QED) is 0.0298. The van der Waals surface area contributed by atoms with Gasteiger partial charge >= 0.3 is 14.2 Å². The van der Waals surface area contributed by atoms with Crippen molar-refractivity contribution >= 4 is 46.7 Å². The van der Waals surface area contributed by atoms with E-state index in [0.29, 0.717) is 23.7 Å². The SMILES string of the molecule is CCCCCCC(CC)CC1(CC(CC)CCCCCC)c2cc3c(cc2-c2c1cc(B1OC(C)(C)C(C)(C)O1)c1ccccc21)C1(CCCCC1)c1cc2c(cc1-3)C(CC(CC)CCCCCC)(CC(CC)CCCCCC)c1cc(B3OC(C)(C)C(C)(C)O3)c3ccccc3c1-2. The minimum atomic E-state index is -0.463. The zero-order chi connectivity index (χ0) is 69.4. The highest BCUT2D eigenvalue weighted by Gasteiger charge is 2.58. The molecule has 6 aromatic rings. The molecule has 2 heterocycles. The first-order valence-electron chi connectivity index (χ1n) is 41.4. The number of hydrogen-bond donors (Lipinski definition) is 0. The highest BCUT2D eigenvalue weighted by Crippen LogP contribution is 2.67. The highest BCUT2D eigenvalue weighted by molar-refractivity contribution is 6.66. The molecule has 530 valence electrons. The molecule has 0 amide bonds. The summed E-state index contributed by atoms with van der Waals surface area (Å²) in [6.07, 6.45) is 41.8. The predicted octanol–water partition coefficient (Wildman–Crippen LogP) is 25.9. The van der Waals surface area contributed by atoms with Crippen molar-refractivity contribution < 1.29 is 18.6 Å². The number of rotatable bonds is 34. The van der Waals surface area contributed by atoms with Crippen LogP contribution in [0.1, 0.15) is 356 Å². The van der Waals surface area contributed by atoms with Crippen LogP contribution in [0.5, 0.6) is 0 Å². The van der Waals surface area contributed by atoms with Crippen LogP contribution in [0.25, 0.3) is 54.9 Å². The Labute approximate surface area is 598 Å².